The maximum absolute atomic E-state index is 13.2. The second-order valence-electron chi connectivity index (χ2n) is 8.54. The van der Waals surface area contributed by atoms with Crippen LogP contribution in [0.25, 0.3) is 0 Å². The number of urea groups is 1. The summed E-state index contributed by atoms with van der Waals surface area (Å²) in [5.41, 5.74) is 1.90. The Bertz CT molecular complexity index is 893. The van der Waals surface area contributed by atoms with Crippen molar-refractivity contribution in [1.82, 2.24) is 4.90 Å². The Balaban J connectivity index is 1.68. The van der Waals surface area contributed by atoms with E-state index in [0.717, 1.165) is 11.3 Å². The number of rotatable bonds is 8. The number of anilines is 1. The first kappa shape index (κ1) is 23.5. The van der Waals surface area contributed by atoms with Gasteiger partial charge in [-0.3, -0.25) is 9.69 Å². The van der Waals surface area contributed by atoms with Crippen molar-refractivity contribution < 1.29 is 24.0 Å². The number of benzene rings is 2. The first-order valence-electron chi connectivity index (χ1n) is 11.1. The number of carbonyl (C=O) groups excluding carboxylic acids is 2. The maximum Gasteiger partial charge on any atom is 0.523 e. The summed E-state index contributed by atoms with van der Waals surface area (Å²) in [6.45, 7) is 2.27. The Kier molecular flexibility index (Phi) is 7.64. The van der Waals surface area contributed by atoms with E-state index in [1.165, 1.54) is 4.90 Å². The number of Topliss-reactive ketones (excluding diaryl/α,β-unsaturated/α-hetero) is 1. The van der Waals surface area contributed by atoms with Gasteiger partial charge >= 0.3 is 12.1 Å². The van der Waals surface area contributed by atoms with Crippen molar-refractivity contribution in [3.8, 4) is 0 Å². The van der Waals surface area contributed by atoms with Gasteiger partial charge in [0.1, 0.15) is 6.04 Å². The highest BCUT2D eigenvalue weighted by Gasteiger charge is 2.54. The highest BCUT2D eigenvalue weighted by molar-refractivity contribution is 5.87. The Labute approximate surface area is 189 Å². The Morgan fingerprint density at radius 1 is 1.09 bits per heavy atom. The smallest absolute Gasteiger partial charge is 0.435 e. The number of nitrogens with zero attached hydrogens (tertiary/aromatic N) is 2. The van der Waals surface area contributed by atoms with Gasteiger partial charge < -0.3 is 10.4 Å². The summed E-state index contributed by atoms with van der Waals surface area (Å²) in [4.78, 5) is 39.6. The summed E-state index contributed by atoms with van der Waals surface area (Å²) >= 11 is 0. The van der Waals surface area contributed by atoms with E-state index in [1.807, 2.05) is 60.7 Å². The van der Waals surface area contributed by atoms with Crippen molar-refractivity contribution in [1.29, 1.82) is 0 Å². The minimum Gasteiger partial charge on any atom is -0.435 e. The average molecular weight is 439 g/mol. The predicted molar refractivity (Wildman–Crippen MR) is 123 cm³/mol. The SMILES string of the molecule is C[C@@H]1CCC[N+]1(C(=O)O)C(=O)N(C)CCC(=O)C(Cc1ccccc1)Nc1ccccc1. The minimum atomic E-state index is -1.12. The van der Waals surface area contributed by atoms with Crippen LogP contribution in [0.4, 0.5) is 15.3 Å². The van der Waals surface area contributed by atoms with E-state index in [1.54, 1.807) is 14.0 Å². The molecule has 0 bridgehead atoms. The van der Waals surface area contributed by atoms with Crippen LogP contribution in [0, 0.1) is 0 Å². The molecule has 0 radical (unpaired) electrons. The lowest BCUT2D eigenvalue weighted by Crippen LogP contribution is -2.62. The highest BCUT2D eigenvalue weighted by atomic mass is 16.4. The van der Waals surface area contributed by atoms with Crippen molar-refractivity contribution >= 4 is 23.6 Å². The van der Waals surface area contributed by atoms with E-state index >= 15 is 0 Å². The molecule has 2 N–H and O–H groups in total. The lowest BCUT2D eigenvalue weighted by Gasteiger charge is -2.33. The Morgan fingerprint density at radius 2 is 1.72 bits per heavy atom. The van der Waals surface area contributed by atoms with Gasteiger partial charge in [0.25, 0.3) is 0 Å². The number of ketones is 1. The third kappa shape index (κ3) is 5.16. The molecule has 0 aromatic heterocycles. The average Bonchev–Trinajstić information content (AvgIpc) is 3.20. The zero-order valence-electron chi connectivity index (χ0n) is 18.7. The fraction of sp³-hybridized carbons (Fsp3) is 0.400. The van der Waals surface area contributed by atoms with Gasteiger partial charge in [-0.15, -0.1) is 4.48 Å². The molecule has 1 saturated heterocycles. The summed E-state index contributed by atoms with van der Waals surface area (Å²) in [7, 11) is 1.58. The van der Waals surface area contributed by atoms with Gasteiger partial charge in [0, 0.05) is 38.5 Å². The minimum absolute atomic E-state index is 0.0197. The third-order valence-corrected chi connectivity index (χ3v) is 6.37. The van der Waals surface area contributed by atoms with Crippen molar-refractivity contribution in [3.05, 3.63) is 66.2 Å². The zero-order chi connectivity index (χ0) is 23.1. The molecule has 3 atom stereocenters. The van der Waals surface area contributed by atoms with Gasteiger partial charge in [-0.2, -0.15) is 4.79 Å². The molecule has 0 spiro atoms. The molecule has 1 aliphatic rings. The van der Waals surface area contributed by atoms with Gasteiger partial charge in [-0.1, -0.05) is 48.5 Å². The number of imide groups is 1. The summed E-state index contributed by atoms with van der Waals surface area (Å²) in [5.74, 6) is -0.0197. The number of hydrogen-bond donors (Lipinski definition) is 2. The van der Waals surface area contributed by atoms with Crippen molar-refractivity contribution in [2.45, 2.75) is 44.7 Å². The molecule has 0 saturated carbocycles. The molecule has 2 aromatic carbocycles. The van der Waals surface area contributed by atoms with Crippen LogP contribution in [0.2, 0.25) is 0 Å². The van der Waals surface area contributed by atoms with Gasteiger partial charge in [0.2, 0.25) is 0 Å². The number of nitrogens with one attached hydrogen (secondary N) is 1. The monoisotopic (exact) mass is 438 g/mol. The van der Waals surface area contributed by atoms with Gasteiger partial charge in [-0.25, -0.2) is 4.79 Å². The van der Waals surface area contributed by atoms with E-state index in [-0.39, 0.29) is 24.8 Å². The fourth-order valence-corrected chi connectivity index (χ4v) is 4.41. The third-order valence-electron chi connectivity index (χ3n) is 6.37. The van der Waals surface area contributed by atoms with Crippen LogP contribution in [0.15, 0.2) is 60.7 Å². The second-order valence-corrected chi connectivity index (χ2v) is 8.54. The molecule has 7 nitrogen and oxygen atoms in total. The first-order valence-corrected chi connectivity index (χ1v) is 11.1. The molecule has 0 aliphatic carbocycles. The summed E-state index contributed by atoms with van der Waals surface area (Å²) in [5, 5.41) is 13.1. The molecule has 1 aliphatic heterocycles. The number of hydrogen-bond acceptors (Lipinski definition) is 4. The number of carbonyl (C=O) groups is 3. The van der Waals surface area contributed by atoms with Gasteiger partial charge in [0.15, 0.2) is 5.78 Å². The lowest BCUT2D eigenvalue weighted by molar-refractivity contribution is -0.790. The van der Waals surface area contributed by atoms with Crippen LogP contribution in [-0.2, 0) is 11.2 Å². The van der Waals surface area contributed by atoms with E-state index in [9.17, 15) is 19.5 Å². The molecule has 1 fully saturated rings. The maximum atomic E-state index is 13.2. The number of carboxylic acid groups (broad SMARTS) is 1. The zero-order valence-corrected chi connectivity index (χ0v) is 18.7. The van der Waals surface area contributed by atoms with E-state index in [4.69, 9.17) is 0 Å². The standard InChI is InChI=1S/C25H31N3O4/c1-19-10-9-17-28(19,25(31)32)24(30)27(2)16-15-23(29)22(18-20-11-5-3-6-12-20)26-21-13-7-4-8-14-21/h3-8,11-14,19,22,26H,9-10,15-18H2,1-2H3/p+1/t19-,22?,28?/m1/s1. The Morgan fingerprint density at radius 3 is 2.28 bits per heavy atom. The highest BCUT2D eigenvalue weighted by Crippen LogP contribution is 2.29. The predicted octanol–water partition coefficient (Wildman–Crippen LogP) is 4.40. The normalized spacial score (nSPS) is 21.0. The van der Waals surface area contributed by atoms with Crippen LogP contribution in [0.1, 0.15) is 31.7 Å². The molecule has 1 heterocycles. The van der Waals surface area contributed by atoms with Crippen molar-refractivity contribution in [2.75, 3.05) is 25.5 Å². The van der Waals surface area contributed by atoms with Crippen molar-refractivity contribution in [3.63, 3.8) is 0 Å². The molecule has 170 valence electrons. The van der Waals surface area contributed by atoms with Crippen molar-refractivity contribution in [2.24, 2.45) is 0 Å². The number of para-hydroxylation sites is 1. The Hall–Kier alpha value is -3.19. The van der Waals surface area contributed by atoms with E-state index < -0.39 is 22.6 Å². The van der Waals surface area contributed by atoms with Crippen LogP contribution in [0.3, 0.4) is 0 Å². The number of amides is 3. The molecular formula is C25H32N3O4+. The van der Waals surface area contributed by atoms with Crippen LogP contribution < -0.4 is 5.32 Å². The van der Waals surface area contributed by atoms with Crippen LogP contribution in [0.5, 0.6) is 0 Å². The fourth-order valence-electron chi connectivity index (χ4n) is 4.41. The molecule has 3 rings (SSSR count). The molecule has 2 aromatic rings. The number of likely N-dealkylation sites (tertiary alicyclic amines) is 1. The quantitative estimate of drug-likeness (QED) is 0.597. The van der Waals surface area contributed by atoms with E-state index in [2.05, 4.69) is 5.32 Å². The molecule has 2 unspecified atom stereocenters. The first-order chi connectivity index (χ1) is 15.3. The van der Waals surface area contributed by atoms with Gasteiger partial charge in [-0.05, 0) is 31.0 Å². The summed E-state index contributed by atoms with van der Waals surface area (Å²) < 4.78 is -0.583. The molecule has 32 heavy (non-hydrogen) atoms. The largest absolute Gasteiger partial charge is 0.523 e. The number of quaternary nitrogens is 1. The molecule has 3 amide bonds. The second kappa shape index (κ2) is 10.4. The molecular weight excluding hydrogens is 406 g/mol. The van der Waals surface area contributed by atoms with Crippen LogP contribution in [-0.4, -0.2) is 64.6 Å². The lowest BCUT2D eigenvalue weighted by atomic mass is 10.00. The topological polar surface area (TPSA) is 86.7 Å². The summed E-state index contributed by atoms with van der Waals surface area (Å²) in [6.07, 6.45) is 0.953. The summed E-state index contributed by atoms with van der Waals surface area (Å²) in [6, 6.07) is 18.2. The van der Waals surface area contributed by atoms with E-state index in [0.29, 0.717) is 25.8 Å². The molecule has 7 heteroatoms. The van der Waals surface area contributed by atoms with Gasteiger partial charge in [0.05, 0.1) is 12.6 Å². The van der Waals surface area contributed by atoms with Crippen LogP contribution >= 0.6 is 0 Å².